The number of nitrogens with zero attached hydrogens (tertiary/aromatic N) is 3. The maximum atomic E-state index is 13.5. The Labute approximate surface area is 195 Å². The van der Waals surface area contributed by atoms with E-state index in [-0.39, 0.29) is 17.5 Å². The number of fused-ring (bicyclic) bond motifs is 1. The standard InChI is InChI=1S/C26H23F2N5O/c27-19-8-6-18(7-9-19)24-25(30-21-12-10-20(28)11-13-21)33-15-14-32(16-22(33)31-24)26(34)23(29)17-4-2-1-3-5-17/h1-13,23,30H,14-16,29H2/t23-/m0/s1. The van der Waals surface area contributed by atoms with Crippen LogP contribution in [0.2, 0.25) is 0 Å². The molecule has 34 heavy (non-hydrogen) atoms. The fourth-order valence-electron chi connectivity index (χ4n) is 4.12. The normalized spacial score (nSPS) is 13.9. The van der Waals surface area contributed by atoms with Gasteiger partial charge in [-0.3, -0.25) is 4.79 Å². The second-order valence-electron chi connectivity index (χ2n) is 8.16. The van der Waals surface area contributed by atoms with Crippen molar-refractivity contribution in [3.63, 3.8) is 0 Å². The minimum absolute atomic E-state index is 0.170. The van der Waals surface area contributed by atoms with Crippen molar-refractivity contribution in [1.29, 1.82) is 0 Å². The molecule has 0 aliphatic carbocycles. The van der Waals surface area contributed by atoms with Gasteiger partial charge < -0.3 is 20.5 Å². The number of benzene rings is 3. The van der Waals surface area contributed by atoms with Gasteiger partial charge in [0.25, 0.3) is 0 Å². The molecule has 3 aromatic carbocycles. The number of carbonyl (C=O) groups is 1. The average molecular weight is 460 g/mol. The summed E-state index contributed by atoms with van der Waals surface area (Å²) < 4.78 is 28.9. The third-order valence-electron chi connectivity index (χ3n) is 5.93. The Bertz CT molecular complexity index is 1300. The molecule has 0 bridgehead atoms. The number of nitrogens with one attached hydrogen (secondary N) is 1. The molecule has 1 aliphatic rings. The number of imidazole rings is 1. The lowest BCUT2D eigenvalue weighted by Gasteiger charge is -2.30. The maximum Gasteiger partial charge on any atom is 0.244 e. The molecule has 0 saturated heterocycles. The SMILES string of the molecule is N[C@H](C(=O)N1CCn2c(nc(-c3ccc(F)cc3)c2Nc2ccc(F)cc2)C1)c1ccccc1. The lowest BCUT2D eigenvalue weighted by atomic mass is 10.1. The summed E-state index contributed by atoms with van der Waals surface area (Å²) in [4.78, 5) is 19.6. The highest BCUT2D eigenvalue weighted by Crippen LogP contribution is 2.33. The van der Waals surface area contributed by atoms with Gasteiger partial charge >= 0.3 is 0 Å². The van der Waals surface area contributed by atoms with Crippen molar-refractivity contribution in [3.8, 4) is 11.3 Å². The average Bonchev–Trinajstić information content (AvgIpc) is 3.23. The third-order valence-corrected chi connectivity index (χ3v) is 5.93. The fourth-order valence-corrected chi connectivity index (χ4v) is 4.12. The first-order valence-electron chi connectivity index (χ1n) is 11.0. The van der Waals surface area contributed by atoms with Gasteiger partial charge in [0, 0.05) is 24.3 Å². The number of hydrogen-bond donors (Lipinski definition) is 2. The maximum absolute atomic E-state index is 13.5. The highest BCUT2D eigenvalue weighted by atomic mass is 19.1. The molecule has 5 rings (SSSR count). The minimum Gasteiger partial charge on any atom is -0.340 e. The summed E-state index contributed by atoms with van der Waals surface area (Å²) >= 11 is 0. The number of nitrogens with two attached hydrogens (primary N) is 1. The van der Waals surface area contributed by atoms with Gasteiger partial charge in [0.2, 0.25) is 5.91 Å². The number of amides is 1. The van der Waals surface area contributed by atoms with E-state index >= 15 is 0 Å². The number of hydrogen-bond acceptors (Lipinski definition) is 4. The van der Waals surface area contributed by atoms with E-state index in [1.165, 1.54) is 24.3 Å². The van der Waals surface area contributed by atoms with Gasteiger partial charge in [0.1, 0.15) is 35.0 Å². The lowest BCUT2D eigenvalue weighted by Crippen LogP contribution is -2.43. The van der Waals surface area contributed by atoms with Crippen LogP contribution in [0.3, 0.4) is 0 Å². The monoisotopic (exact) mass is 459 g/mol. The van der Waals surface area contributed by atoms with Crippen molar-refractivity contribution in [2.24, 2.45) is 5.73 Å². The Morgan fingerprint density at radius 1 is 0.912 bits per heavy atom. The quantitative estimate of drug-likeness (QED) is 0.457. The van der Waals surface area contributed by atoms with Gasteiger partial charge in [-0.05, 0) is 54.1 Å². The molecule has 0 unspecified atom stereocenters. The van der Waals surface area contributed by atoms with Gasteiger partial charge in [-0.1, -0.05) is 30.3 Å². The van der Waals surface area contributed by atoms with Crippen LogP contribution in [0.4, 0.5) is 20.3 Å². The smallest absolute Gasteiger partial charge is 0.244 e. The van der Waals surface area contributed by atoms with Crippen molar-refractivity contribution < 1.29 is 13.6 Å². The Kier molecular flexibility index (Phi) is 5.81. The number of aromatic nitrogens is 2. The number of rotatable bonds is 5. The predicted octanol–water partition coefficient (Wildman–Crippen LogP) is 4.61. The zero-order chi connectivity index (χ0) is 23.7. The number of anilines is 2. The summed E-state index contributed by atoms with van der Waals surface area (Å²) in [6.07, 6.45) is 0. The van der Waals surface area contributed by atoms with Crippen LogP contribution < -0.4 is 11.1 Å². The fraction of sp³-hybridized carbons (Fsp3) is 0.154. The predicted molar refractivity (Wildman–Crippen MR) is 126 cm³/mol. The molecule has 0 fully saturated rings. The Hall–Kier alpha value is -4.04. The molecule has 3 N–H and O–H groups in total. The number of carbonyl (C=O) groups excluding carboxylic acids is 1. The van der Waals surface area contributed by atoms with Crippen LogP contribution in [0, 0.1) is 11.6 Å². The van der Waals surface area contributed by atoms with E-state index in [0.29, 0.717) is 42.7 Å². The molecule has 0 spiro atoms. The molecule has 0 radical (unpaired) electrons. The summed E-state index contributed by atoms with van der Waals surface area (Å²) in [6.45, 7) is 1.25. The molecular weight excluding hydrogens is 436 g/mol. The Morgan fingerprint density at radius 3 is 2.24 bits per heavy atom. The van der Waals surface area contributed by atoms with E-state index in [1.807, 2.05) is 34.9 Å². The van der Waals surface area contributed by atoms with E-state index in [1.54, 1.807) is 29.2 Å². The first-order chi connectivity index (χ1) is 16.5. The van der Waals surface area contributed by atoms with Crippen molar-refractivity contribution in [2.75, 3.05) is 11.9 Å². The topological polar surface area (TPSA) is 76.2 Å². The zero-order valence-corrected chi connectivity index (χ0v) is 18.3. The van der Waals surface area contributed by atoms with E-state index in [2.05, 4.69) is 5.32 Å². The van der Waals surface area contributed by atoms with Gasteiger partial charge in [-0.2, -0.15) is 0 Å². The van der Waals surface area contributed by atoms with Crippen LogP contribution in [0.15, 0.2) is 78.9 Å². The molecule has 1 atom stereocenters. The molecule has 8 heteroatoms. The molecule has 0 saturated carbocycles. The molecule has 4 aromatic rings. The van der Waals surface area contributed by atoms with Crippen molar-refractivity contribution >= 4 is 17.4 Å². The van der Waals surface area contributed by atoms with E-state index in [0.717, 1.165) is 11.1 Å². The molecular formula is C26H23F2N5O. The first-order valence-corrected chi connectivity index (χ1v) is 11.0. The summed E-state index contributed by atoms with van der Waals surface area (Å²) in [5, 5.41) is 3.33. The second kappa shape index (κ2) is 9.07. The zero-order valence-electron chi connectivity index (χ0n) is 18.3. The summed E-state index contributed by atoms with van der Waals surface area (Å²) in [5.41, 5.74) is 9.05. The second-order valence-corrected chi connectivity index (χ2v) is 8.16. The van der Waals surface area contributed by atoms with Gasteiger partial charge in [0.05, 0.1) is 6.54 Å². The van der Waals surface area contributed by atoms with Crippen LogP contribution in [0.5, 0.6) is 0 Å². The minimum atomic E-state index is -0.754. The number of halogens is 2. The van der Waals surface area contributed by atoms with Gasteiger partial charge in [-0.15, -0.1) is 0 Å². The third kappa shape index (κ3) is 4.27. The van der Waals surface area contributed by atoms with Crippen LogP contribution in [0.25, 0.3) is 11.3 Å². The summed E-state index contributed by atoms with van der Waals surface area (Å²) in [5.74, 6) is 0.546. The van der Waals surface area contributed by atoms with Crippen LogP contribution >= 0.6 is 0 Å². The van der Waals surface area contributed by atoms with Crippen LogP contribution in [0.1, 0.15) is 17.4 Å². The lowest BCUT2D eigenvalue weighted by molar-refractivity contribution is -0.134. The highest BCUT2D eigenvalue weighted by molar-refractivity contribution is 5.83. The first kappa shape index (κ1) is 21.8. The summed E-state index contributed by atoms with van der Waals surface area (Å²) in [6, 6.07) is 20.6. The molecule has 2 heterocycles. The summed E-state index contributed by atoms with van der Waals surface area (Å²) in [7, 11) is 0. The molecule has 6 nitrogen and oxygen atoms in total. The van der Waals surface area contributed by atoms with Crippen LogP contribution in [-0.4, -0.2) is 26.9 Å². The van der Waals surface area contributed by atoms with Gasteiger partial charge in [-0.25, -0.2) is 13.8 Å². The molecule has 1 amide bonds. The van der Waals surface area contributed by atoms with Crippen molar-refractivity contribution in [1.82, 2.24) is 14.5 Å². The largest absolute Gasteiger partial charge is 0.340 e. The molecule has 1 aliphatic heterocycles. The van der Waals surface area contributed by atoms with E-state index in [9.17, 15) is 13.6 Å². The van der Waals surface area contributed by atoms with Crippen molar-refractivity contribution in [2.45, 2.75) is 19.1 Å². The van der Waals surface area contributed by atoms with Gasteiger partial charge in [0.15, 0.2) is 0 Å². The Morgan fingerprint density at radius 2 is 1.56 bits per heavy atom. The highest BCUT2D eigenvalue weighted by Gasteiger charge is 2.29. The van der Waals surface area contributed by atoms with E-state index in [4.69, 9.17) is 10.7 Å². The Balaban J connectivity index is 1.47. The van der Waals surface area contributed by atoms with Crippen molar-refractivity contribution in [3.05, 3.63) is 102 Å². The van der Waals surface area contributed by atoms with E-state index < -0.39 is 6.04 Å². The molecule has 1 aromatic heterocycles. The van der Waals surface area contributed by atoms with Crippen LogP contribution in [-0.2, 0) is 17.9 Å². The molecule has 172 valence electrons.